The third kappa shape index (κ3) is 7.69. The lowest BCUT2D eigenvalue weighted by Gasteiger charge is -2.15. The average molecular weight is 563 g/mol. The molecule has 8 heteroatoms. The molecule has 0 spiro atoms. The smallest absolute Gasteiger partial charge is 0.338 e. The molecule has 3 rings (SSSR count). The summed E-state index contributed by atoms with van der Waals surface area (Å²) in [4.78, 5) is 24.6. The number of nitrogens with zero attached hydrogens (tertiary/aromatic N) is 1. The molecule has 0 aliphatic carbocycles. The maximum atomic E-state index is 12.8. The lowest BCUT2D eigenvalue weighted by Crippen LogP contribution is -2.13. The van der Waals surface area contributed by atoms with E-state index in [0.717, 1.165) is 11.1 Å². The van der Waals surface area contributed by atoms with Crippen LogP contribution in [0.15, 0.2) is 70.7 Å². The number of aryl methyl sites for hydroxylation is 1. The molecule has 1 amide bonds. The zero-order chi connectivity index (χ0) is 26.8. The SMILES string of the molecule is CCOC(=O)c1ccc(NC(=O)/C(C#N)=C/c2cc(Br)c(OCc3cccc(C)c3)c(OCC)c2)cc1. The minimum atomic E-state index is -0.583. The summed E-state index contributed by atoms with van der Waals surface area (Å²) < 4.78 is 17.4. The highest BCUT2D eigenvalue weighted by atomic mass is 79.9. The van der Waals surface area contributed by atoms with E-state index in [0.29, 0.717) is 46.0 Å². The van der Waals surface area contributed by atoms with E-state index in [-0.39, 0.29) is 12.2 Å². The van der Waals surface area contributed by atoms with Gasteiger partial charge in [-0.25, -0.2) is 4.79 Å². The van der Waals surface area contributed by atoms with Gasteiger partial charge in [0.1, 0.15) is 18.2 Å². The van der Waals surface area contributed by atoms with Crippen molar-refractivity contribution in [3.63, 3.8) is 0 Å². The topological polar surface area (TPSA) is 97.7 Å². The molecule has 0 saturated carbocycles. The molecule has 0 fully saturated rings. The number of rotatable bonds is 10. The molecule has 1 N–H and O–H groups in total. The zero-order valence-electron chi connectivity index (χ0n) is 20.8. The van der Waals surface area contributed by atoms with Crippen molar-refractivity contribution in [3.05, 3.63) is 93.0 Å². The molecule has 3 aromatic rings. The van der Waals surface area contributed by atoms with Gasteiger partial charge in [-0.05, 0) is 90.3 Å². The maximum absolute atomic E-state index is 12.8. The second kappa shape index (κ2) is 13.3. The second-order valence-electron chi connectivity index (χ2n) is 7.96. The Hall–Kier alpha value is -4.09. The van der Waals surface area contributed by atoms with Gasteiger partial charge in [-0.15, -0.1) is 0 Å². The van der Waals surface area contributed by atoms with Crippen molar-refractivity contribution in [2.45, 2.75) is 27.4 Å². The van der Waals surface area contributed by atoms with E-state index in [2.05, 4.69) is 21.2 Å². The summed E-state index contributed by atoms with van der Waals surface area (Å²) in [6.07, 6.45) is 1.47. The molecule has 7 nitrogen and oxygen atoms in total. The standard InChI is InChI=1S/C29H27BrN2O5/c1-4-35-26-16-21(15-25(30)27(26)37-18-20-8-6-7-19(3)13-20)14-23(17-31)28(33)32-24-11-9-22(10-12-24)29(34)36-5-2/h6-16H,4-5,18H2,1-3H3,(H,32,33)/b23-14+. The predicted molar refractivity (Wildman–Crippen MR) is 145 cm³/mol. The molecule has 0 saturated heterocycles. The van der Waals surface area contributed by atoms with Crippen molar-refractivity contribution in [1.29, 1.82) is 5.26 Å². The Morgan fingerprint density at radius 3 is 2.43 bits per heavy atom. The number of benzene rings is 3. The Morgan fingerprint density at radius 2 is 1.78 bits per heavy atom. The van der Waals surface area contributed by atoms with Crippen molar-refractivity contribution in [2.75, 3.05) is 18.5 Å². The second-order valence-corrected chi connectivity index (χ2v) is 8.82. The number of nitriles is 1. The first kappa shape index (κ1) is 27.5. The monoisotopic (exact) mass is 562 g/mol. The maximum Gasteiger partial charge on any atom is 0.338 e. The largest absolute Gasteiger partial charge is 0.490 e. The van der Waals surface area contributed by atoms with Crippen molar-refractivity contribution >= 4 is 39.6 Å². The molecule has 0 atom stereocenters. The first-order chi connectivity index (χ1) is 17.8. The molecule has 0 bridgehead atoms. The van der Waals surface area contributed by atoms with E-state index in [1.807, 2.05) is 44.2 Å². The van der Waals surface area contributed by atoms with E-state index in [9.17, 15) is 14.9 Å². The number of nitrogens with one attached hydrogen (secondary N) is 1. The van der Waals surface area contributed by atoms with E-state index >= 15 is 0 Å². The van der Waals surface area contributed by atoms with Crippen molar-refractivity contribution in [3.8, 4) is 17.6 Å². The first-order valence-corrected chi connectivity index (χ1v) is 12.5. The van der Waals surface area contributed by atoms with E-state index in [1.165, 1.54) is 6.08 Å². The van der Waals surface area contributed by atoms with Crippen LogP contribution in [0.1, 0.15) is 40.9 Å². The number of hydrogen-bond donors (Lipinski definition) is 1. The summed E-state index contributed by atoms with van der Waals surface area (Å²) in [5.41, 5.74) is 3.46. The van der Waals surface area contributed by atoms with Gasteiger partial charge in [0.05, 0.1) is 23.2 Å². The zero-order valence-corrected chi connectivity index (χ0v) is 22.4. The molecule has 3 aromatic carbocycles. The Balaban J connectivity index is 1.79. The molecule has 190 valence electrons. The van der Waals surface area contributed by atoms with Gasteiger partial charge in [-0.3, -0.25) is 4.79 Å². The fraction of sp³-hybridized carbons (Fsp3) is 0.207. The Labute approximate surface area is 224 Å². The Kier molecular flexibility index (Phi) is 9.87. The normalized spacial score (nSPS) is 10.8. The van der Waals surface area contributed by atoms with Crippen LogP contribution in [0, 0.1) is 18.3 Å². The minimum absolute atomic E-state index is 0.0998. The van der Waals surface area contributed by atoms with Crippen LogP contribution in [0.25, 0.3) is 6.08 Å². The van der Waals surface area contributed by atoms with Gasteiger partial charge in [0, 0.05) is 5.69 Å². The van der Waals surface area contributed by atoms with E-state index in [4.69, 9.17) is 14.2 Å². The third-order valence-corrected chi connectivity index (χ3v) is 5.72. The van der Waals surface area contributed by atoms with Crippen LogP contribution >= 0.6 is 15.9 Å². The van der Waals surface area contributed by atoms with Crippen LogP contribution in [0.5, 0.6) is 11.5 Å². The van der Waals surface area contributed by atoms with Crippen molar-refractivity contribution in [2.24, 2.45) is 0 Å². The average Bonchev–Trinajstić information content (AvgIpc) is 2.87. The van der Waals surface area contributed by atoms with Gasteiger partial charge >= 0.3 is 5.97 Å². The quantitative estimate of drug-likeness (QED) is 0.173. The van der Waals surface area contributed by atoms with E-state index in [1.54, 1.807) is 43.3 Å². The van der Waals surface area contributed by atoms with Crippen LogP contribution in [0.3, 0.4) is 0 Å². The van der Waals surface area contributed by atoms with Gasteiger partial charge in [0.15, 0.2) is 11.5 Å². The molecule has 0 aromatic heterocycles. The van der Waals surface area contributed by atoms with Gasteiger partial charge in [-0.2, -0.15) is 5.26 Å². The fourth-order valence-corrected chi connectivity index (χ4v) is 4.02. The van der Waals surface area contributed by atoms with E-state index < -0.39 is 11.9 Å². The number of hydrogen-bond acceptors (Lipinski definition) is 6. The number of anilines is 1. The van der Waals surface area contributed by atoms with Gasteiger partial charge in [0.25, 0.3) is 5.91 Å². The molecular formula is C29H27BrN2O5. The summed E-state index contributed by atoms with van der Waals surface area (Å²) in [7, 11) is 0. The van der Waals surface area contributed by atoms with Crippen LogP contribution in [-0.4, -0.2) is 25.1 Å². The summed E-state index contributed by atoms with van der Waals surface area (Å²) >= 11 is 3.53. The third-order valence-electron chi connectivity index (χ3n) is 5.13. The van der Waals surface area contributed by atoms with Gasteiger partial charge < -0.3 is 19.5 Å². The first-order valence-electron chi connectivity index (χ1n) is 11.7. The van der Waals surface area contributed by atoms with Gasteiger partial charge in [-0.1, -0.05) is 29.8 Å². The Morgan fingerprint density at radius 1 is 1.03 bits per heavy atom. The summed E-state index contributed by atoms with van der Waals surface area (Å²) in [5, 5.41) is 12.3. The molecule has 0 radical (unpaired) electrons. The van der Waals surface area contributed by atoms with Crippen LogP contribution in [-0.2, 0) is 16.1 Å². The number of halogens is 1. The van der Waals surface area contributed by atoms with Gasteiger partial charge in [0.2, 0.25) is 0 Å². The summed E-state index contributed by atoms with van der Waals surface area (Å²) in [5.74, 6) is -0.00611. The lowest BCUT2D eigenvalue weighted by atomic mass is 10.1. The fourth-order valence-electron chi connectivity index (χ4n) is 3.45. The Bertz CT molecular complexity index is 1340. The molecule has 0 aliphatic rings. The number of carbonyl (C=O) groups is 2. The lowest BCUT2D eigenvalue weighted by molar-refractivity contribution is -0.112. The van der Waals surface area contributed by atoms with Crippen molar-refractivity contribution < 1.29 is 23.8 Å². The highest BCUT2D eigenvalue weighted by Gasteiger charge is 2.15. The number of ether oxygens (including phenoxy) is 3. The minimum Gasteiger partial charge on any atom is -0.490 e. The molecule has 0 aliphatic heterocycles. The number of esters is 1. The van der Waals surface area contributed by atoms with Crippen LogP contribution in [0.2, 0.25) is 0 Å². The van der Waals surface area contributed by atoms with Crippen LogP contribution in [0.4, 0.5) is 5.69 Å². The molecule has 0 unspecified atom stereocenters. The highest BCUT2D eigenvalue weighted by Crippen LogP contribution is 2.38. The summed E-state index contributed by atoms with van der Waals surface area (Å²) in [6.45, 7) is 6.65. The highest BCUT2D eigenvalue weighted by molar-refractivity contribution is 9.10. The van der Waals surface area contributed by atoms with Crippen molar-refractivity contribution in [1.82, 2.24) is 0 Å². The molecule has 37 heavy (non-hydrogen) atoms. The number of carbonyl (C=O) groups excluding carboxylic acids is 2. The molecular weight excluding hydrogens is 536 g/mol. The predicted octanol–water partition coefficient (Wildman–Crippen LogP) is 6.46. The number of amides is 1. The summed E-state index contributed by atoms with van der Waals surface area (Å²) in [6, 6.07) is 19.7. The molecule has 0 heterocycles. The van der Waals surface area contributed by atoms with Crippen LogP contribution < -0.4 is 14.8 Å².